The lowest BCUT2D eigenvalue weighted by Gasteiger charge is -2.24. The maximum absolute atomic E-state index is 14.0. The fourth-order valence-electron chi connectivity index (χ4n) is 4.71. The van der Waals surface area contributed by atoms with Gasteiger partial charge in [-0.05, 0) is 25.5 Å². The molecule has 3 aromatic rings. The summed E-state index contributed by atoms with van der Waals surface area (Å²) in [5.41, 5.74) is 0.635. The molecular formula is C26H20N4O7S. The molecule has 2 aliphatic heterocycles. The number of fused-ring (bicyclic) bond motifs is 2. The van der Waals surface area contributed by atoms with Crippen LogP contribution in [0.4, 0.5) is 11.4 Å². The van der Waals surface area contributed by atoms with E-state index in [1.807, 2.05) is 0 Å². The van der Waals surface area contributed by atoms with E-state index in [2.05, 4.69) is 4.99 Å². The Morgan fingerprint density at radius 2 is 1.89 bits per heavy atom. The highest BCUT2D eigenvalue weighted by Gasteiger charge is 2.38. The first-order valence-electron chi connectivity index (χ1n) is 11.6. The number of thiazole rings is 1. The number of rotatable bonds is 4. The van der Waals surface area contributed by atoms with Gasteiger partial charge in [0.1, 0.15) is 4.53 Å². The van der Waals surface area contributed by atoms with Crippen molar-refractivity contribution in [3.63, 3.8) is 0 Å². The van der Waals surface area contributed by atoms with Gasteiger partial charge < -0.3 is 4.74 Å². The Balaban J connectivity index is 1.84. The number of nitro groups is 1. The summed E-state index contributed by atoms with van der Waals surface area (Å²) in [5, 5.41) is 11.5. The van der Waals surface area contributed by atoms with Gasteiger partial charge in [-0.15, -0.1) is 0 Å². The average Bonchev–Trinajstić information content (AvgIpc) is 3.35. The van der Waals surface area contributed by atoms with Crippen LogP contribution in [-0.2, 0) is 19.1 Å². The highest BCUT2D eigenvalue weighted by molar-refractivity contribution is 7.07. The van der Waals surface area contributed by atoms with Crippen molar-refractivity contribution in [2.24, 2.45) is 4.99 Å². The van der Waals surface area contributed by atoms with Crippen molar-refractivity contribution in [2.75, 3.05) is 11.5 Å². The van der Waals surface area contributed by atoms with Crippen LogP contribution in [0.2, 0.25) is 0 Å². The van der Waals surface area contributed by atoms with Crippen LogP contribution in [0, 0.1) is 10.1 Å². The summed E-state index contributed by atoms with van der Waals surface area (Å²) in [6.07, 6.45) is 0. The summed E-state index contributed by atoms with van der Waals surface area (Å²) >= 11 is 0.948. The van der Waals surface area contributed by atoms with E-state index in [1.165, 1.54) is 29.7 Å². The van der Waals surface area contributed by atoms with E-state index in [1.54, 1.807) is 44.2 Å². The number of aromatic nitrogens is 1. The number of carbonyl (C=O) groups is 3. The predicted molar refractivity (Wildman–Crippen MR) is 137 cm³/mol. The van der Waals surface area contributed by atoms with Crippen LogP contribution in [0.3, 0.4) is 0 Å². The van der Waals surface area contributed by atoms with E-state index in [0.29, 0.717) is 16.8 Å². The van der Waals surface area contributed by atoms with Gasteiger partial charge in [0.05, 0.1) is 40.1 Å². The second kappa shape index (κ2) is 9.30. The fraction of sp³-hybridized carbons (Fsp3) is 0.192. The Bertz CT molecular complexity index is 1780. The summed E-state index contributed by atoms with van der Waals surface area (Å²) in [6, 6.07) is 11.2. The van der Waals surface area contributed by atoms with Crippen LogP contribution in [0.5, 0.6) is 0 Å². The Morgan fingerprint density at radius 3 is 2.58 bits per heavy atom. The lowest BCUT2D eigenvalue weighted by atomic mass is 9.95. The molecule has 38 heavy (non-hydrogen) atoms. The van der Waals surface area contributed by atoms with Crippen LogP contribution < -0.4 is 19.8 Å². The smallest absolute Gasteiger partial charge is 0.338 e. The van der Waals surface area contributed by atoms with Gasteiger partial charge in [-0.3, -0.25) is 29.1 Å². The molecule has 11 nitrogen and oxygen atoms in total. The topological polar surface area (TPSA) is 141 Å². The third-order valence-electron chi connectivity index (χ3n) is 6.26. The van der Waals surface area contributed by atoms with Crippen LogP contribution >= 0.6 is 11.3 Å². The van der Waals surface area contributed by atoms with Crippen molar-refractivity contribution in [1.82, 2.24) is 4.57 Å². The highest BCUT2D eigenvalue weighted by atomic mass is 32.1. The monoisotopic (exact) mass is 532 g/mol. The normalized spacial score (nSPS) is 17.6. The average molecular weight is 533 g/mol. The van der Waals surface area contributed by atoms with Gasteiger partial charge in [-0.2, -0.15) is 0 Å². The number of amides is 2. The third-order valence-corrected chi connectivity index (χ3v) is 7.32. The van der Waals surface area contributed by atoms with Crippen LogP contribution in [0.15, 0.2) is 69.6 Å². The van der Waals surface area contributed by atoms with Gasteiger partial charge in [-0.25, -0.2) is 14.7 Å². The minimum absolute atomic E-state index is 0.0401. The van der Waals surface area contributed by atoms with Gasteiger partial charge >= 0.3 is 5.97 Å². The maximum Gasteiger partial charge on any atom is 0.338 e. The van der Waals surface area contributed by atoms with Crippen LogP contribution in [0.25, 0.3) is 5.57 Å². The summed E-state index contributed by atoms with van der Waals surface area (Å²) < 4.78 is 6.53. The number of carbonyl (C=O) groups excluding carboxylic acids is 3. The number of anilines is 1. The molecule has 3 heterocycles. The second-order valence-electron chi connectivity index (χ2n) is 8.53. The van der Waals surface area contributed by atoms with Crippen molar-refractivity contribution in [3.8, 4) is 0 Å². The van der Waals surface area contributed by atoms with Crippen molar-refractivity contribution in [2.45, 2.75) is 26.8 Å². The Kier molecular flexibility index (Phi) is 6.11. The molecule has 0 aliphatic carbocycles. The lowest BCUT2D eigenvalue weighted by molar-refractivity contribution is -0.384. The van der Waals surface area contributed by atoms with Gasteiger partial charge in [0.15, 0.2) is 4.80 Å². The van der Waals surface area contributed by atoms with E-state index in [0.717, 1.165) is 16.2 Å². The number of esters is 1. The molecule has 0 bridgehead atoms. The number of non-ortho nitro benzene ring substituents is 1. The predicted octanol–water partition coefficient (Wildman–Crippen LogP) is 1.97. The fourth-order valence-corrected chi connectivity index (χ4v) is 5.85. The molecule has 2 amide bonds. The summed E-state index contributed by atoms with van der Waals surface area (Å²) in [5.74, 6) is -1.86. The molecule has 0 radical (unpaired) electrons. The van der Waals surface area contributed by atoms with Gasteiger partial charge in [-0.1, -0.05) is 41.7 Å². The second-order valence-corrected chi connectivity index (χ2v) is 9.50. The molecule has 0 spiro atoms. The molecule has 0 fully saturated rings. The lowest BCUT2D eigenvalue weighted by Crippen LogP contribution is -2.41. The zero-order valence-corrected chi connectivity index (χ0v) is 21.3. The zero-order valence-electron chi connectivity index (χ0n) is 20.5. The zero-order chi connectivity index (χ0) is 27.3. The number of allylic oxidation sites excluding steroid dienone is 1. The summed E-state index contributed by atoms with van der Waals surface area (Å²) in [7, 11) is 0. The van der Waals surface area contributed by atoms with E-state index in [9.17, 15) is 29.3 Å². The number of para-hydroxylation sites is 1. The van der Waals surface area contributed by atoms with Crippen LogP contribution in [0.1, 0.15) is 37.9 Å². The molecule has 0 N–H and O–H groups in total. The number of hydrogen-bond donors (Lipinski definition) is 0. The van der Waals surface area contributed by atoms with Crippen molar-refractivity contribution < 1.29 is 24.0 Å². The Morgan fingerprint density at radius 1 is 1.16 bits per heavy atom. The molecule has 12 heteroatoms. The quantitative estimate of drug-likeness (QED) is 0.284. The SMILES string of the molecule is CCOC(=O)C1=C(C)N=c2s/c(=C3\C(=O)N(C(C)=O)c4ccccc43)c(=O)n2C1c1cccc([N+](=O)[O-])c1. The molecule has 192 valence electrons. The van der Waals surface area contributed by atoms with E-state index in [4.69, 9.17) is 4.74 Å². The van der Waals surface area contributed by atoms with Crippen molar-refractivity contribution >= 4 is 46.1 Å². The summed E-state index contributed by atoms with van der Waals surface area (Å²) in [4.78, 5) is 69.3. The molecule has 0 saturated carbocycles. The van der Waals surface area contributed by atoms with Crippen molar-refractivity contribution in [3.05, 3.63) is 101 Å². The van der Waals surface area contributed by atoms with E-state index >= 15 is 0 Å². The molecule has 0 saturated heterocycles. The first-order chi connectivity index (χ1) is 18.1. The van der Waals surface area contributed by atoms with Gasteiger partial charge in [0.2, 0.25) is 5.91 Å². The molecule has 2 aliphatic rings. The number of nitro benzene ring substituents is 1. The summed E-state index contributed by atoms with van der Waals surface area (Å²) in [6.45, 7) is 4.55. The Labute approximate surface area is 218 Å². The van der Waals surface area contributed by atoms with E-state index < -0.39 is 34.3 Å². The first kappa shape index (κ1) is 25.0. The molecule has 1 aromatic heterocycles. The number of imide groups is 1. The molecule has 1 atom stereocenters. The van der Waals surface area contributed by atoms with Gasteiger partial charge in [0, 0.05) is 24.6 Å². The first-order valence-corrected chi connectivity index (χ1v) is 12.4. The molecule has 1 unspecified atom stereocenters. The minimum atomic E-state index is -1.09. The number of ether oxygens (including phenoxy) is 1. The number of hydrogen-bond acceptors (Lipinski definition) is 9. The number of nitrogens with zero attached hydrogens (tertiary/aromatic N) is 4. The third kappa shape index (κ3) is 3.77. The molecular weight excluding hydrogens is 512 g/mol. The van der Waals surface area contributed by atoms with Crippen molar-refractivity contribution in [1.29, 1.82) is 0 Å². The van der Waals surface area contributed by atoms with E-state index in [-0.39, 0.29) is 38.5 Å². The molecule has 2 aromatic carbocycles. The number of benzene rings is 2. The minimum Gasteiger partial charge on any atom is -0.463 e. The standard InChI is InChI=1S/C26H20N4O7S/c1-4-37-25(34)19-13(2)27-26-29(21(19)15-8-7-9-16(12-15)30(35)36)24(33)22(38-26)20-17-10-5-6-11-18(17)28(14(3)31)23(20)32/h5-12,21H,4H2,1-3H3/b22-20-. The largest absolute Gasteiger partial charge is 0.463 e. The Hall–Kier alpha value is -4.71. The highest BCUT2D eigenvalue weighted by Crippen LogP contribution is 2.36. The van der Waals surface area contributed by atoms with Gasteiger partial charge in [0.25, 0.3) is 17.2 Å². The maximum atomic E-state index is 14.0. The van der Waals surface area contributed by atoms with Crippen LogP contribution in [-0.4, -0.2) is 33.9 Å². The molecule has 5 rings (SSSR count).